The number of para-hydroxylation sites is 1. The van der Waals surface area contributed by atoms with Gasteiger partial charge in [0.25, 0.3) is 5.91 Å². The lowest BCUT2D eigenvalue weighted by Gasteiger charge is -2.23. The molecule has 0 aliphatic carbocycles. The van der Waals surface area contributed by atoms with Gasteiger partial charge in [-0.05, 0) is 36.8 Å². The molecular weight excluding hydrogens is 386 g/mol. The number of amides is 1. The van der Waals surface area contributed by atoms with Crippen molar-refractivity contribution in [3.05, 3.63) is 77.1 Å². The molecular formula is C22H26ClN5O. The molecule has 152 valence electrons. The number of hydrogen-bond donors (Lipinski definition) is 3. The Morgan fingerprint density at radius 2 is 1.83 bits per heavy atom. The topological polar surface area (TPSA) is 73.0 Å². The summed E-state index contributed by atoms with van der Waals surface area (Å²) in [6.07, 6.45) is 0.881. The zero-order chi connectivity index (χ0) is 19.3. The largest absolute Gasteiger partial charge is 0.347 e. The molecule has 2 aromatic carbocycles. The number of fused-ring (bicyclic) bond motifs is 1. The van der Waals surface area contributed by atoms with Gasteiger partial charge in [0.15, 0.2) is 5.69 Å². The number of halogens is 1. The number of aromatic amines is 1. The molecule has 1 amide bonds. The van der Waals surface area contributed by atoms with Crippen LogP contribution in [-0.4, -0.2) is 29.2 Å². The highest BCUT2D eigenvalue weighted by Crippen LogP contribution is 2.25. The van der Waals surface area contributed by atoms with Crippen molar-refractivity contribution in [2.45, 2.75) is 26.4 Å². The number of nitrogens with zero attached hydrogens (tertiary/aromatic N) is 2. The minimum atomic E-state index is -0.134. The molecule has 0 spiro atoms. The lowest BCUT2D eigenvalue weighted by molar-refractivity contribution is 0.0944. The molecule has 0 saturated heterocycles. The number of carbonyl (C=O) groups excluding carboxylic acids is 1. The third kappa shape index (κ3) is 4.60. The molecule has 0 bridgehead atoms. The van der Waals surface area contributed by atoms with E-state index in [0.717, 1.165) is 42.0 Å². The molecule has 1 aromatic heterocycles. The van der Waals surface area contributed by atoms with Crippen LogP contribution in [0.5, 0.6) is 0 Å². The number of aromatic nitrogens is 2. The summed E-state index contributed by atoms with van der Waals surface area (Å²) in [5, 5.41) is 13.5. The Labute approximate surface area is 177 Å². The highest BCUT2D eigenvalue weighted by Gasteiger charge is 2.21. The second-order valence-corrected chi connectivity index (χ2v) is 6.89. The summed E-state index contributed by atoms with van der Waals surface area (Å²) in [6.45, 7) is 5.11. The van der Waals surface area contributed by atoms with E-state index in [4.69, 9.17) is 0 Å². The Balaban J connectivity index is 0.00000240. The van der Waals surface area contributed by atoms with Crippen molar-refractivity contribution < 1.29 is 4.79 Å². The van der Waals surface area contributed by atoms with Gasteiger partial charge in [-0.1, -0.05) is 30.3 Å². The molecule has 6 nitrogen and oxygen atoms in total. The minimum Gasteiger partial charge on any atom is -0.347 e. The van der Waals surface area contributed by atoms with E-state index in [-0.39, 0.29) is 18.3 Å². The fourth-order valence-corrected chi connectivity index (χ4v) is 3.60. The first kappa shape index (κ1) is 20.9. The Morgan fingerprint density at radius 3 is 2.55 bits per heavy atom. The van der Waals surface area contributed by atoms with Crippen LogP contribution in [0.1, 0.15) is 34.2 Å². The number of H-pyrrole nitrogens is 1. The van der Waals surface area contributed by atoms with Gasteiger partial charge in [-0.25, -0.2) is 0 Å². The SMILES string of the molecule is CCN(c1ccccc1)c1ccc(CNC(=O)c2n[nH]c3c2CNCC3)cc1.Cl. The Kier molecular flexibility index (Phi) is 6.90. The molecule has 3 aromatic rings. The first-order chi connectivity index (χ1) is 13.8. The minimum absolute atomic E-state index is 0. The van der Waals surface area contributed by atoms with Crippen LogP contribution < -0.4 is 15.5 Å². The fraction of sp³-hybridized carbons (Fsp3) is 0.273. The summed E-state index contributed by atoms with van der Waals surface area (Å²) in [6, 6.07) is 18.6. The number of hydrogen-bond acceptors (Lipinski definition) is 4. The smallest absolute Gasteiger partial charge is 0.272 e. The van der Waals surface area contributed by atoms with Gasteiger partial charge in [0, 0.05) is 55.2 Å². The van der Waals surface area contributed by atoms with E-state index in [9.17, 15) is 4.79 Å². The molecule has 0 saturated carbocycles. The van der Waals surface area contributed by atoms with Crippen molar-refractivity contribution in [1.29, 1.82) is 0 Å². The maximum absolute atomic E-state index is 12.5. The zero-order valence-corrected chi connectivity index (χ0v) is 17.3. The van der Waals surface area contributed by atoms with E-state index >= 15 is 0 Å². The van der Waals surface area contributed by atoms with E-state index in [1.807, 2.05) is 18.2 Å². The molecule has 3 N–H and O–H groups in total. The third-order valence-corrected chi connectivity index (χ3v) is 5.11. The fourth-order valence-electron chi connectivity index (χ4n) is 3.60. The molecule has 0 fully saturated rings. The maximum Gasteiger partial charge on any atom is 0.272 e. The third-order valence-electron chi connectivity index (χ3n) is 5.11. The van der Waals surface area contributed by atoms with E-state index in [2.05, 4.69) is 69.1 Å². The predicted octanol–water partition coefficient (Wildman–Crippen LogP) is 3.57. The first-order valence-corrected chi connectivity index (χ1v) is 9.73. The van der Waals surface area contributed by atoms with Gasteiger partial charge in [-0.15, -0.1) is 12.4 Å². The van der Waals surface area contributed by atoms with E-state index < -0.39 is 0 Å². The van der Waals surface area contributed by atoms with Crippen LogP contribution >= 0.6 is 12.4 Å². The van der Waals surface area contributed by atoms with Gasteiger partial charge in [-0.3, -0.25) is 9.89 Å². The van der Waals surface area contributed by atoms with Gasteiger partial charge in [0.1, 0.15) is 0 Å². The van der Waals surface area contributed by atoms with E-state index in [0.29, 0.717) is 18.8 Å². The highest BCUT2D eigenvalue weighted by molar-refractivity contribution is 5.94. The van der Waals surface area contributed by atoms with Gasteiger partial charge < -0.3 is 15.5 Å². The summed E-state index contributed by atoms with van der Waals surface area (Å²) >= 11 is 0. The van der Waals surface area contributed by atoms with Crippen LogP contribution in [0.2, 0.25) is 0 Å². The van der Waals surface area contributed by atoms with Crippen LogP contribution in [0, 0.1) is 0 Å². The van der Waals surface area contributed by atoms with E-state index in [1.165, 1.54) is 5.69 Å². The van der Waals surface area contributed by atoms with Gasteiger partial charge >= 0.3 is 0 Å². The lowest BCUT2D eigenvalue weighted by Crippen LogP contribution is -2.28. The Hall–Kier alpha value is -2.83. The molecule has 4 rings (SSSR count). The Morgan fingerprint density at radius 1 is 1.10 bits per heavy atom. The van der Waals surface area contributed by atoms with Crippen LogP contribution in [0.4, 0.5) is 11.4 Å². The molecule has 0 unspecified atom stereocenters. The molecule has 0 radical (unpaired) electrons. The molecule has 2 heterocycles. The second kappa shape index (κ2) is 9.58. The second-order valence-electron chi connectivity index (χ2n) is 6.89. The normalized spacial score (nSPS) is 12.6. The zero-order valence-electron chi connectivity index (χ0n) is 16.4. The lowest BCUT2D eigenvalue weighted by atomic mass is 10.1. The summed E-state index contributed by atoms with van der Waals surface area (Å²) in [5.41, 5.74) is 5.91. The molecule has 0 atom stereocenters. The van der Waals surface area contributed by atoms with Crippen molar-refractivity contribution in [1.82, 2.24) is 20.8 Å². The molecule has 1 aliphatic heterocycles. The van der Waals surface area contributed by atoms with Crippen LogP contribution in [0.3, 0.4) is 0 Å². The number of benzene rings is 2. The maximum atomic E-state index is 12.5. The molecule has 29 heavy (non-hydrogen) atoms. The van der Waals surface area contributed by atoms with Crippen LogP contribution in [-0.2, 0) is 19.5 Å². The molecule has 1 aliphatic rings. The van der Waals surface area contributed by atoms with Crippen molar-refractivity contribution >= 4 is 29.7 Å². The standard InChI is InChI=1S/C22H25N5O.ClH/c1-2-27(17-6-4-3-5-7-17)18-10-8-16(9-11-18)14-24-22(28)21-19-15-23-13-12-20(19)25-26-21;/h3-11,23H,2,12-15H2,1H3,(H,24,28)(H,25,26);1H. The van der Waals surface area contributed by atoms with Gasteiger partial charge in [-0.2, -0.15) is 5.10 Å². The summed E-state index contributed by atoms with van der Waals surface area (Å²) in [5.74, 6) is -0.134. The van der Waals surface area contributed by atoms with Crippen LogP contribution in [0.25, 0.3) is 0 Å². The number of rotatable bonds is 6. The number of anilines is 2. The van der Waals surface area contributed by atoms with Crippen LogP contribution in [0.15, 0.2) is 54.6 Å². The highest BCUT2D eigenvalue weighted by atomic mass is 35.5. The first-order valence-electron chi connectivity index (χ1n) is 9.73. The predicted molar refractivity (Wildman–Crippen MR) is 118 cm³/mol. The van der Waals surface area contributed by atoms with E-state index in [1.54, 1.807) is 0 Å². The molecule has 7 heteroatoms. The Bertz CT molecular complexity index is 940. The number of nitrogens with one attached hydrogen (secondary N) is 3. The van der Waals surface area contributed by atoms with Crippen molar-refractivity contribution in [2.24, 2.45) is 0 Å². The summed E-state index contributed by atoms with van der Waals surface area (Å²) < 4.78 is 0. The quantitative estimate of drug-likeness (QED) is 0.579. The average molecular weight is 412 g/mol. The monoisotopic (exact) mass is 411 g/mol. The van der Waals surface area contributed by atoms with Crippen molar-refractivity contribution in [3.8, 4) is 0 Å². The van der Waals surface area contributed by atoms with Crippen molar-refractivity contribution in [2.75, 3.05) is 18.0 Å². The average Bonchev–Trinajstić information content (AvgIpc) is 3.18. The summed E-state index contributed by atoms with van der Waals surface area (Å²) in [7, 11) is 0. The van der Waals surface area contributed by atoms with Crippen molar-refractivity contribution in [3.63, 3.8) is 0 Å². The van der Waals surface area contributed by atoms with Gasteiger partial charge in [0.2, 0.25) is 0 Å². The van der Waals surface area contributed by atoms with Gasteiger partial charge in [0.05, 0.1) is 0 Å². The number of carbonyl (C=O) groups is 1. The summed E-state index contributed by atoms with van der Waals surface area (Å²) in [4.78, 5) is 14.8.